The van der Waals surface area contributed by atoms with Gasteiger partial charge in [0.05, 0.1) is 40.1 Å². The maximum Gasteiger partial charge on any atom is 0.120 e. The van der Waals surface area contributed by atoms with Crippen molar-refractivity contribution in [3.8, 4) is 0 Å². The third-order valence-electron chi connectivity index (χ3n) is 4.12. The summed E-state index contributed by atoms with van der Waals surface area (Å²) in [5, 5.41) is 13.9. The molecule has 4 nitrogen and oxygen atoms in total. The molecule has 1 aromatic heterocycles. The third-order valence-corrected chi connectivity index (χ3v) is 4.84. The Morgan fingerprint density at radius 2 is 2.18 bits per heavy atom. The Balaban J connectivity index is 1.71. The summed E-state index contributed by atoms with van der Waals surface area (Å²) in [4.78, 5) is 4.22. The number of imidazole rings is 1. The van der Waals surface area contributed by atoms with Gasteiger partial charge in [-0.25, -0.2) is 9.37 Å². The minimum Gasteiger partial charge on any atom is -0.392 e. The van der Waals surface area contributed by atoms with Crippen LogP contribution in [0.1, 0.15) is 19.3 Å². The van der Waals surface area contributed by atoms with E-state index in [4.69, 9.17) is 23.2 Å². The van der Waals surface area contributed by atoms with E-state index in [0.29, 0.717) is 15.6 Å². The summed E-state index contributed by atoms with van der Waals surface area (Å²) in [5.41, 5.74) is 1.45. The highest BCUT2D eigenvalue weighted by molar-refractivity contribution is 6.42. The summed E-state index contributed by atoms with van der Waals surface area (Å²) < 4.78 is 16.1. The van der Waals surface area contributed by atoms with Crippen LogP contribution in [-0.4, -0.2) is 39.5 Å². The SMILES string of the molecule is O[C@H]1CCCN[C@@H]1CC(F)Cn1cnc2cc(Cl)c(Cl)cc21. The molecule has 0 spiro atoms. The number of hydrogen-bond acceptors (Lipinski definition) is 3. The number of rotatable bonds is 4. The second-order valence-corrected chi connectivity index (χ2v) is 6.57. The van der Waals surface area contributed by atoms with Crippen molar-refractivity contribution in [3.05, 3.63) is 28.5 Å². The first-order valence-corrected chi connectivity index (χ1v) is 8.15. The number of alkyl halides is 1. The van der Waals surface area contributed by atoms with Crippen molar-refractivity contribution >= 4 is 34.2 Å². The van der Waals surface area contributed by atoms with Crippen LogP contribution in [0.15, 0.2) is 18.5 Å². The molecule has 1 fully saturated rings. The Labute approximate surface area is 138 Å². The molecule has 0 bridgehead atoms. The molecule has 1 aliphatic heterocycles. The molecule has 7 heteroatoms. The first-order chi connectivity index (χ1) is 10.5. The average Bonchev–Trinajstić information content (AvgIpc) is 2.84. The van der Waals surface area contributed by atoms with Crippen LogP contribution in [0.5, 0.6) is 0 Å². The predicted octanol–water partition coefficient (Wildman–Crippen LogP) is 3.18. The van der Waals surface area contributed by atoms with Gasteiger partial charge >= 0.3 is 0 Å². The van der Waals surface area contributed by atoms with E-state index >= 15 is 0 Å². The number of benzene rings is 1. The van der Waals surface area contributed by atoms with E-state index in [1.54, 1.807) is 23.0 Å². The van der Waals surface area contributed by atoms with Crippen LogP contribution in [0.4, 0.5) is 4.39 Å². The molecular weight excluding hydrogens is 328 g/mol. The van der Waals surface area contributed by atoms with Gasteiger partial charge in [-0.1, -0.05) is 23.2 Å². The first-order valence-electron chi connectivity index (χ1n) is 7.40. The van der Waals surface area contributed by atoms with Gasteiger partial charge in [-0.05, 0) is 37.9 Å². The van der Waals surface area contributed by atoms with Crippen LogP contribution >= 0.6 is 23.2 Å². The third kappa shape index (κ3) is 3.38. The van der Waals surface area contributed by atoms with Gasteiger partial charge in [-0.2, -0.15) is 0 Å². The molecule has 1 aromatic carbocycles. The largest absolute Gasteiger partial charge is 0.392 e. The molecule has 2 aromatic rings. The molecule has 22 heavy (non-hydrogen) atoms. The van der Waals surface area contributed by atoms with Gasteiger partial charge < -0.3 is 15.0 Å². The van der Waals surface area contributed by atoms with Crippen molar-refractivity contribution in [2.75, 3.05) is 6.54 Å². The van der Waals surface area contributed by atoms with Gasteiger partial charge in [0.1, 0.15) is 6.17 Å². The van der Waals surface area contributed by atoms with Crippen LogP contribution in [0.2, 0.25) is 10.0 Å². The topological polar surface area (TPSA) is 50.1 Å². The van der Waals surface area contributed by atoms with E-state index in [9.17, 15) is 9.50 Å². The van der Waals surface area contributed by atoms with Gasteiger partial charge in [0, 0.05) is 6.04 Å². The number of fused-ring (bicyclic) bond motifs is 1. The fourth-order valence-electron chi connectivity index (χ4n) is 2.94. The summed E-state index contributed by atoms with van der Waals surface area (Å²) in [6, 6.07) is 3.19. The molecule has 0 radical (unpaired) electrons. The first kappa shape index (κ1) is 16.0. The fraction of sp³-hybridized carbons (Fsp3) is 0.533. The van der Waals surface area contributed by atoms with Gasteiger partial charge in [0.15, 0.2) is 0 Å². The van der Waals surface area contributed by atoms with Crippen LogP contribution in [0.25, 0.3) is 11.0 Å². The highest BCUT2D eigenvalue weighted by Crippen LogP contribution is 2.27. The molecule has 2 heterocycles. The fourth-order valence-corrected chi connectivity index (χ4v) is 3.25. The summed E-state index contributed by atoms with van der Waals surface area (Å²) in [7, 11) is 0. The number of aliphatic hydroxyl groups excluding tert-OH is 1. The minimum atomic E-state index is -1.07. The number of nitrogens with one attached hydrogen (secondary N) is 1. The Kier molecular flexibility index (Phi) is 4.88. The van der Waals surface area contributed by atoms with Gasteiger partial charge in [-0.15, -0.1) is 0 Å². The lowest BCUT2D eigenvalue weighted by Crippen LogP contribution is -2.46. The van der Waals surface area contributed by atoms with Crippen LogP contribution < -0.4 is 5.32 Å². The number of hydrogen-bond donors (Lipinski definition) is 2. The Hall–Kier alpha value is -0.880. The maximum atomic E-state index is 14.4. The molecule has 120 valence electrons. The zero-order valence-corrected chi connectivity index (χ0v) is 13.5. The molecular formula is C15H18Cl2FN3O. The smallest absolute Gasteiger partial charge is 0.120 e. The van der Waals surface area contributed by atoms with Crippen molar-refractivity contribution in [2.24, 2.45) is 0 Å². The van der Waals surface area contributed by atoms with E-state index in [-0.39, 0.29) is 19.0 Å². The van der Waals surface area contributed by atoms with Crippen molar-refractivity contribution in [3.63, 3.8) is 0 Å². The Morgan fingerprint density at radius 1 is 1.41 bits per heavy atom. The number of nitrogens with zero attached hydrogens (tertiary/aromatic N) is 2. The summed E-state index contributed by atoms with van der Waals surface area (Å²) in [6.07, 6.45) is 1.99. The van der Waals surface area contributed by atoms with Crippen LogP contribution in [-0.2, 0) is 6.54 Å². The molecule has 1 aliphatic rings. The van der Waals surface area contributed by atoms with Crippen molar-refractivity contribution in [2.45, 2.75) is 44.1 Å². The molecule has 0 saturated carbocycles. The van der Waals surface area contributed by atoms with Gasteiger partial charge in [0.25, 0.3) is 0 Å². The summed E-state index contributed by atoms with van der Waals surface area (Å²) >= 11 is 12.0. The molecule has 0 aliphatic carbocycles. The normalized spacial score (nSPS) is 23.8. The van der Waals surface area contributed by atoms with Gasteiger partial charge in [-0.3, -0.25) is 0 Å². The highest BCUT2D eigenvalue weighted by Gasteiger charge is 2.26. The van der Waals surface area contributed by atoms with E-state index < -0.39 is 12.3 Å². The minimum absolute atomic E-state index is 0.180. The van der Waals surface area contributed by atoms with E-state index in [1.165, 1.54) is 0 Å². The van der Waals surface area contributed by atoms with Crippen LogP contribution in [0.3, 0.4) is 0 Å². The molecule has 3 rings (SSSR count). The molecule has 0 amide bonds. The highest BCUT2D eigenvalue weighted by atomic mass is 35.5. The Morgan fingerprint density at radius 3 is 2.95 bits per heavy atom. The molecule has 1 unspecified atom stereocenters. The second kappa shape index (κ2) is 6.71. The van der Waals surface area contributed by atoms with E-state index in [2.05, 4.69) is 10.3 Å². The summed E-state index contributed by atoms with van der Waals surface area (Å²) in [6.45, 7) is 1.01. The quantitative estimate of drug-likeness (QED) is 0.894. The zero-order chi connectivity index (χ0) is 15.7. The number of aliphatic hydroxyl groups is 1. The molecule has 1 saturated heterocycles. The number of piperidine rings is 1. The molecule has 2 N–H and O–H groups in total. The van der Waals surface area contributed by atoms with Crippen molar-refractivity contribution in [1.82, 2.24) is 14.9 Å². The standard InChI is InChI=1S/C15H18Cl2FN3O/c16-10-5-12-14(6-11(10)17)21(8-20-12)7-9(18)4-13-15(22)2-1-3-19-13/h5-6,8-9,13,15,19,22H,1-4,7H2/t9?,13-,15+/m1/s1. The predicted molar refractivity (Wildman–Crippen MR) is 86.3 cm³/mol. The van der Waals surface area contributed by atoms with Gasteiger partial charge in [0.2, 0.25) is 0 Å². The monoisotopic (exact) mass is 345 g/mol. The van der Waals surface area contributed by atoms with E-state index in [1.807, 2.05) is 0 Å². The Bertz CT molecular complexity index is 664. The number of halogens is 3. The van der Waals surface area contributed by atoms with Crippen molar-refractivity contribution < 1.29 is 9.50 Å². The van der Waals surface area contributed by atoms with Crippen molar-refractivity contribution in [1.29, 1.82) is 0 Å². The maximum absolute atomic E-state index is 14.4. The lowest BCUT2D eigenvalue weighted by Gasteiger charge is -2.30. The zero-order valence-electron chi connectivity index (χ0n) is 12.0. The lowest BCUT2D eigenvalue weighted by atomic mass is 9.96. The molecule has 3 atom stereocenters. The summed E-state index contributed by atoms with van der Waals surface area (Å²) in [5.74, 6) is 0. The second-order valence-electron chi connectivity index (χ2n) is 5.76. The number of aromatic nitrogens is 2. The average molecular weight is 346 g/mol. The van der Waals surface area contributed by atoms with E-state index in [0.717, 1.165) is 24.9 Å². The van der Waals surface area contributed by atoms with Crippen LogP contribution in [0, 0.1) is 0 Å². The lowest BCUT2D eigenvalue weighted by molar-refractivity contribution is 0.0766.